The van der Waals surface area contributed by atoms with E-state index in [2.05, 4.69) is 0 Å². The van der Waals surface area contributed by atoms with E-state index in [0.29, 0.717) is 13.0 Å². The van der Waals surface area contributed by atoms with Crippen LogP contribution in [0.15, 0.2) is 0 Å². The molecule has 0 spiro atoms. The highest BCUT2D eigenvalue weighted by Gasteiger charge is 2.20. The maximum Gasteiger partial charge on any atom is 0.308 e. The highest BCUT2D eigenvalue weighted by atomic mass is 16.5. The number of aldehydes is 1. The van der Waals surface area contributed by atoms with Gasteiger partial charge in [0.2, 0.25) is 0 Å². The van der Waals surface area contributed by atoms with Crippen molar-refractivity contribution < 1.29 is 14.3 Å². The molecule has 15 heavy (non-hydrogen) atoms. The van der Waals surface area contributed by atoms with Gasteiger partial charge in [0.25, 0.3) is 0 Å². The third kappa shape index (κ3) is 7.11. The number of carbonyl (C=O) groups excluding carboxylic acids is 2. The van der Waals surface area contributed by atoms with Crippen molar-refractivity contribution in [3.05, 3.63) is 0 Å². The Bertz CT molecular complexity index is 207. The van der Waals surface area contributed by atoms with Crippen LogP contribution in [0.2, 0.25) is 0 Å². The van der Waals surface area contributed by atoms with Crippen molar-refractivity contribution in [2.75, 3.05) is 6.61 Å². The molecule has 0 aliphatic heterocycles. The normalized spacial score (nSPS) is 11.5. The third-order valence-electron chi connectivity index (χ3n) is 2.25. The molecule has 0 aliphatic rings. The van der Waals surface area contributed by atoms with Crippen LogP contribution in [0.3, 0.4) is 0 Å². The van der Waals surface area contributed by atoms with Crippen LogP contribution in [-0.4, -0.2) is 18.9 Å². The van der Waals surface area contributed by atoms with Gasteiger partial charge in [0.15, 0.2) is 0 Å². The van der Waals surface area contributed by atoms with Crippen molar-refractivity contribution in [1.82, 2.24) is 0 Å². The highest BCUT2D eigenvalue weighted by molar-refractivity contribution is 5.71. The molecule has 0 radical (unpaired) electrons. The van der Waals surface area contributed by atoms with E-state index in [1.54, 1.807) is 0 Å². The molecule has 0 bridgehead atoms. The summed E-state index contributed by atoms with van der Waals surface area (Å²) in [6.07, 6.45) is 3.27. The predicted molar refractivity (Wildman–Crippen MR) is 59.5 cm³/mol. The number of rotatable bonds is 7. The Morgan fingerprint density at radius 3 is 2.47 bits per heavy atom. The molecule has 3 heteroatoms. The van der Waals surface area contributed by atoms with Gasteiger partial charge >= 0.3 is 5.97 Å². The minimum atomic E-state index is -0.154. The summed E-state index contributed by atoms with van der Waals surface area (Å²) in [4.78, 5) is 21.4. The van der Waals surface area contributed by atoms with Crippen molar-refractivity contribution >= 4 is 12.3 Å². The molecule has 0 heterocycles. The molecule has 0 atom stereocenters. The van der Waals surface area contributed by atoms with E-state index >= 15 is 0 Å². The summed E-state index contributed by atoms with van der Waals surface area (Å²) in [5, 5.41) is 0. The van der Waals surface area contributed by atoms with Crippen LogP contribution in [-0.2, 0) is 14.3 Å². The third-order valence-corrected chi connectivity index (χ3v) is 2.25. The molecule has 0 saturated carbocycles. The second kappa shape index (κ2) is 6.59. The lowest BCUT2D eigenvalue weighted by Crippen LogP contribution is -2.23. The maximum atomic E-state index is 11.2. The lowest BCUT2D eigenvalue weighted by atomic mass is 9.88. The van der Waals surface area contributed by atoms with E-state index in [0.717, 1.165) is 19.1 Å². The van der Waals surface area contributed by atoms with E-state index in [1.165, 1.54) is 0 Å². The minimum Gasteiger partial charge on any atom is -0.465 e. The van der Waals surface area contributed by atoms with Crippen LogP contribution < -0.4 is 0 Å². The molecule has 0 fully saturated rings. The van der Waals surface area contributed by atoms with E-state index in [-0.39, 0.29) is 17.3 Å². The average Bonchev–Trinajstić information content (AvgIpc) is 2.14. The molecule has 0 aromatic carbocycles. The fourth-order valence-electron chi connectivity index (χ4n) is 1.17. The van der Waals surface area contributed by atoms with Crippen molar-refractivity contribution in [3.63, 3.8) is 0 Å². The Hall–Kier alpha value is -0.860. The van der Waals surface area contributed by atoms with Gasteiger partial charge in [0.1, 0.15) is 6.29 Å². The second-order valence-electron chi connectivity index (χ2n) is 4.99. The van der Waals surface area contributed by atoms with Gasteiger partial charge < -0.3 is 9.53 Å². The van der Waals surface area contributed by atoms with Crippen molar-refractivity contribution in [2.45, 2.75) is 47.0 Å². The summed E-state index contributed by atoms with van der Waals surface area (Å²) >= 11 is 0. The Morgan fingerprint density at radius 2 is 2.00 bits per heavy atom. The molecule has 88 valence electrons. The SMILES string of the molecule is CC(C)C(=O)OCC(C)(C)CCCC=O. The van der Waals surface area contributed by atoms with Crippen LogP contribution in [0.4, 0.5) is 0 Å². The largest absolute Gasteiger partial charge is 0.465 e. The minimum absolute atomic E-state index is 0.0342. The van der Waals surface area contributed by atoms with Gasteiger partial charge in [-0.3, -0.25) is 4.79 Å². The molecule has 0 N–H and O–H groups in total. The Labute approximate surface area is 92.2 Å². The molecule has 0 unspecified atom stereocenters. The Morgan fingerprint density at radius 1 is 1.40 bits per heavy atom. The summed E-state index contributed by atoms with van der Waals surface area (Å²) < 4.78 is 5.17. The monoisotopic (exact) mass is 214 g/mol. The topological polar surface area (TPSA) is 43.4 Å². The van der Waals surface area contributed by atoms with E-state index in [9.17, 15) is 9.59 Å². The van der Waals surface area contributed by atoms with Crippen LogP contribution >= 0.6 is 0 Å². The van der Waals surface area contributed by atoms with Crippen LogP contribution in [0, 0.1) is 11.3 Å². The maximum absolute atomic E-state index is 11.2. The smallest absolute Gasteiger partial charge is 0.308 e. The molecule has 0 aliphatic carbocycles. The first-order valence-corrected chi connectivity index (χ1v) is 5.49. The van der Waals surface area contributed by atoms with Crippen molar-refractivity contribution in [3.8, 4) is 0 Å². The zero-order valence-electron chi connectivity index (χ0n) is 10.2. The van der Waals surface area contributed by atoms with Gasteiger partial charge in [-0.25, -0.2) is 0 Å². The first-order chi connectivity index (χ1) is 6.89. The van der Waals surface area contributed by atoms with Gasteiger partial charge in [-0.15, -0.1) is 0 Å². The van der Waals surface area contributed by atoms with Gasteiger partial charge in [0.05, 0.1) is 12.5 Å². The zero-order chi connectivity index (χ0) is 11.9. The predicted octanol–water partition coefficient (Wildman–Crippen LogP) is 2.58. The summed E-state index contributed by atoms with van der Waals surface area (Å²) in [6, 6.07) is 0. The molecule has 0 aromatic rings. The van der Waals surface area contributed by atoms with Crippen molar-refractivity contribution in [2.24, 2.45) is 11.3 Å². The zero-order valence-corrected chi connectivity index (χ0v) is 10.2. The Kier molecular flexibility index (Phi) is 6.21. The lowest BCUT2D eigenvalue weighted by molar-refractivity contribution is -0.150. The average molecular weight is 214 g/mol. The van der Waals surface area contributed by atoms with Gasteiger partial charge in [-0.1, -0.05) is 27.7 Å². The molecular formula is C12H22O3. The van der Waals surface area contributed by atoms with Gasteiger partial charge in [0, 0.05) is 6.42 Å². The molecule has 3 nitrogen and oxygen atoms in total. The van der Waals surface area contributed by atoms with Gasteiger partial charge in [-0.2, -0.15) is 0 Å². The fourth-order valence-corrected chi connectivity index (χ4v) is 1.17. The number of unbranched alkanes of at least 4 members (excludes halogenated alkanes) is 1. The summed E-state index contributed by atoms with van der Waals surface area (Å²) in [5.41, 5.74) is -0.0342. The van der Waals surface area contributed by atoms with Gasteiger partial charge in [-0.05, 0) is 18.3 Å². The first-order valence-electron chi connectivity index (χ1n) is 5.49. The van der Waals surface area contributed by atoms with E-state index in [1.807, 2.05) is 27.7 Å². The number of esters is 1. The second-order valence-corrected chi connectivity index (χ2v) is 4.99. The van der Waals surface area contributed by atoms with E-state index in [4.69, 9.17) is 4.74 Å². The molecule has 0 rings (SSSR count). The molecule has 0 aromatic heterocycles. The first kappa shape index (κ1) is 14.1. The van der Waals surface area contributed by atoms with E-state index < -0.39 is 0 Å². The number of hydrogen-bond acceptors (Lipinski definition) is 3. The lowest BCUT2D eigenvalue weighted by Gasteiger charge is -2.24. The number of ether oxygens (including phenoxy) is 1. The van der Waals surface area contributed by atoms with Crippen LogP contribution in [0.25, 0.3) is 0 Å². The van der Waals surface area contributed by atoms with Crippen molar-refractivity contribution in [1.29, 1.82) is 0 Å². The highest BCUT2D eigenvalue weighted by Crippen LogP contribution is 2.23. The van der Waals surface area contributed by atoms with Crippen LogP contribution in [0.5, 0.6) is 0 Å². The molecule has 0 amide bonds. The van der Waals surface area contributed by atoms with Crippen LogP contribution in [0.1, 0.15) is 47.0 Å². The number of carbonyl (C=O) groups is 2. The number of hydrogen-bond donors (Lipinski definition) is 0. The summed E-state index contributed by atoms with van der Waals surface area (Å²) in [7, 11) is 0. The summed E-state index contributed by atoms with van der Waals surface area (Å²) in [5.74, 6) is -0.228. The quantitative estimate of drug-likeness (QED) is 0.371. The Balaban J connectivity index is 3.82. The molecular weight excluding hydrogens is 192 g/mol. The summed E-state index contributed by atoms with van der Waals surface area (Å²) in [6.45, 7) is 8.17. The fraction of sp³-hybridized carbons (Fsp3) is 0.833. The standard InChI is InChI=1S/C12H22O3/c1-10(2)11(14)15-9-12(3,4)7-5-6-8-13/h8,10H,5-7,9H2,1-4H3. The molecule has 0 saturated heterocycles.